The molecule has 0 radical (unpaired) electrons. The number of hydrogen-bond donors (Lipinski definition) is 0. The van der Waals surface area contributed by atoms with Crippen molar-refractivity contribution in [3.63, 3.8) is 0 Å². The van der Waals surface area contributed by atoms with Gasteiger partial charge in [-0.05, 0) is 54.6 Å². The van der Waals surface area contributed by atoms with E-state index in [1.807, 2.05) is 18.3 Å². The molecule has 4 heterocycles. The van der Waals surface area contributed by atoms with Crippen molar-refractivity contribution in [1.29, 1.82) is 0 Å². The standard InChI is InChI=1S/C41H25N3O/c1-2-12-27(13-3-1)44-34-19-8-5-15-30(34)38-39-36(37-31-16-6-9-20-35(31)45-41(37)40(38)44)29-14-4-7-18-33(29)43(39)28-23-21-26(22-24-28)32-17-10-11-25-42-32/h1-25H. The van der Waals surface area contributed by atoms with Gasteiger partial charge in [-0.2, -0.15) is 0 Å². The predicted octanol–water partition coefficient (Wildman–Crippen LogP) is 10.8. The zero-order chi connectivity index (χ0) is 29.5. The molecule has 0 saturated carbocycles. The molecule has 0 aliphatic rings. The molecule has 6 aromatic carbocycles. The van der Waals surface area contributed by atoms with Crippen LogP contribution in [0.25, 0.3) is 88.2 Å². The van der Waals surface area contributed by atoms with Gasteiger partial charge in [0, 0.05) is 55.5 Å². The fourth-order valence-corrected chi connectivity index (χ4v) is 7.31. The number of furan rings is 1. The van der Waals surface area contributed by atoms with Crippen molar-refractivity contribution in [3.05, 3.63) is 152 Å². The van der Waals surface area contributed by atoms with Crippen LogP contribution in [0.15, 0.2) is 156 Å². The van der Waals surface area contributed by atoms with E-state index in [-0.39, 0.29) is 0 Å². The normalized spacial score (nSPS) is 12.0. The van der Waals surface area contributed by atoms with Crippen LogP contribution in [0.4, 0.5) is 0 Å². The van der Waals surface area contributed by atoms with Crippen molar-refractivity contribution in [2.45, 2.75) is 0 Å². The van der Waals surface area contributed by atoms with E-state index in [0.29, 0.717) is 0 Å². The molecule has 210 valence electrons. The maximum Gasteiger partial charge on any atom is 0.160 e. The molecule has 45 heavy (non-hydrogen) atoms. The van der Waals surface area contributed by atoms with Gasteiger partial charge in [-0.15, -0.1) is 0 Å². The summed E-state index contributed by atoms with van der Waals surface area (Å²) in [6.45, 7) is 0. The number of rotatable bonds is 3. The smallest absolute Gasteiger partial charge is 0.160 e. The van der Waals surface area contributed by atoms with Crippen molar-refractivity contribution in [1.82, 2.24) is 14.1 Å². The molecule has 0 fully saturated rings. The minimum absolute atomic E-state index is 0.891. The first-order chi connectivity index (χ1) is 22.4. The maximum absolute atomic E-state index is 6.86. The zero-order valence-electron chi connectivity index (χ0n) is 24.2. The van der Waals surface area contributed by atoms with Crippen molar-refractivity contribution in [2.75, 3.05) is 0 Å². The van der Waals surface area contributed by atoms with Gasteiger partial charge < -0.3 is 13.6 Å². The Morgan fingerprint density at radius 1 is 0.444 bits per heavy atom. The average Bonchev–Trinajstić information content (AvgIpc) is 3.77. The Balaban J connectivity index is 1.46. The Morgan fingerprint density at radius 2 is 1.04 bits per heavy atom. The summed E-state index contributed by atoms with van der Waals surface area (Å²) in [5.41, 5.74) is 10.6. The summed E-state index contributed by atoms with van der Waals surface area (Å²) in [5, 5.41) is 7.06. The highest BCUT2D eigenvalue weighted by Crippen LogP contribution is 2.49. The third-order valence-corrected chi connectivity index (χ3v) is 9.15. The minimum atomic E-state index is 0.891. The van der Waals surface area contributed by atoms with E-state index >= 15 is 0 Å². The van der Waals surface area contributed by atoms with Crippen LogP contribution in [0.1, 0.15) is 0 Å². The molecule has 10 aromatic rings. The summed E-state index contributed by atoms with van der Waals surface area (Å²) >= 11 is 0. The summed E-state index contributed by atoms with van der Waals surface area (Å²) in [5.74, 6) is 0. The van der Waals surface area contributed by atoms with Gasteiger partial charge in [0.05, 0.1) is 27.8 Å². The van der Waals surface area contributed by atoms with Gasteiger partial charge in [0.2, 0.25) is 0 Å². The fraction of sp³-hybridized carbons (Fsp3) is 0. The van der Waals surface area contributed by atoms with Gasteiger partial charge in [-0.3, -0.25) is 4.98 Å². The molecular formula is C41H25N3O. The van der Waals surface area contributed by atoms with Gasteiger partial charge in [0.25, 0.3) is 0 Å². The Hall–Kier alpha value is -6.13. The lowest BCUT2D eigenvalue weighted by molar-refractivity contribution is 0.671. The lowest BCUT2D eigenvalue weighted by Crippen LogP contribution is -1.96. The first-order valence-electron chi connectivity index (χ1n) is 15.2. The quantitative estimate of drug-likeness (QED) is 0.210. The first kappa shape index (κ1) is 24.3. The number of pyridine rings is 1. The summed E-state index contributed by atoms with van der Waals surface area (Å²) in [6.07, 6.45) is 1.84. The van der Waals surface area contributed by atoms with E-state index in [0.717, 1.165) is 61.1 Å². The third-order valence-electron chi connectivity index (χ3n) is 9.15. The average molecular weight is 576 g/mol. The van der Waals surface area contributed by atoms with E-state index in [4.69, 9.17) is 4.42 Å². The highest BCUT2D eigenvalue weighted by Gasteiger charge is 2.27. The SMILES string of the molecule is c1ccc(-n2c3ccccc3c3c2c2oc4ccccc4c2c2c4ccccc4n(-c4ccc(-c5ccccn5)cc4)c23)cc1. The van der Waals surface area contributed by atoms with Crippen LogP contribution >= 0.6 is 0 Å². The van der Waals surface area contributed by atoms with Crippen molar-refractivity contribution in [2.24, 2.45) is 0 Å². The highest BCUT2D eigenvalue weighted by atomic mass is 16.3. The van der Waals surface area contributed by atoms with Crippen LogP contribution < -0.4 is 0 Å². The van der Waals surface area contributed by atoms with Gasteiger partial charge in [0.1, 0.15) is 5.58 Å². The number of benzene rings is 6. The van der Waals surface area contributed by atoms with Gasteiger partial charge in [-0.25, -0.2) is 0 Å². The van der Waals surface area contributed by atoms with E-state index < -0.39 is 0 Å². The number of fused-ring (bicyclic) bond motifs is 12. The largest absolute Gasteiger partial charge is 0.454 e. The molecule has 0 atom stereocenters. The van der Waals surface area contributed by atoms with Gasteiger partial charge in [0.15, 0.2) is 5.58 Å². The van der Waals surface area contributed by atoms with E-state index in [1.54, 1.807) is 0 Å². The summed E-state index contributed by atoms with van der Waals surface area (Å²) < 4.78 is 11.7. The third kappa shape index (κ3) is 3.34. The predicted molar refractivity (Wildman–Crippen MR) is 186 cm³/mol. The molecule has 0 N–H and O–H groups in total. The molecule has 0 aliphatic heterocycles. The number of aromatic nitrogens is 3. The Labute approximate surface area is 258 Å². The van der Waals surface area contributed by atoms with E-state index in [9.17, 15) is 0 Å². The molecule has 4 aromatic heterocycles. The summed E-state index contributed by atoms with van der Waals surface area (Å²) in [6, 6.07) is 51.4. The monoisotopic (exact) mass is 575 g/mol. The van der Waals surface area contributed by atoms with Crippen molar-refractivity contribution >= 4 is 65.6 Å². The lowest BCUT2D eigenvalue weighted by Gasteiger charge is -2.11. The van der Waals surface area contributed by atoms with Gasteiger partial charge >= 0.3 is 0 Å². The molecular weight excluding hydrogens is 550 g/mol. The fourth-order valence-electron chi connectivity index (χ4n) is 7.31. The molecule has 0 aliphatic carbocycles. The molecule has 4 heteroatoms. The first-order valence-corrected chi connectivity index (χ1v) is 15.2. The Kier molecular flexibility index (Phi) is 4.96. The number of nitrogens with zero attached hydrogens (tertiary/aromatic N) is 3. The Bertz CT molecular complexity index is 2730. The van der Waals surface area contributed by atoms with Crippen LogP contribution in [0.5, 0.6) is 0 Å². The summed E-state index contributed by atoms with van der Waals surface area (Å²) in [7, 11) is 0. The topological polar surface area (TPSA) is 35.9 Å². The number of hydrogen-bond acceptors (Lipinski definition) is 2. The molecule has 0 unspecified atom stereocenters. The van der Waals surface area contributed by atoms with Crippen LogP contribution in [0, 0.1) is 0 Å². The van der Waals surface area contributed by atoms with Crippen LogP contribution in [-0.4, -0.2) is 14.1 Å². The zero-order valence-corrected chi connectivity index (χ0v) is 24.2. The second-order valence-electron chi connectivity index (χ2n) is 11.6. The van der Waals surface area contributed by atoms with Crippen LogP contribution in [0.2, 0.25) is 0 Å². The van der Waals surface area contributed by atoms with E-state index in [2.05, 4.69) is 148 Å². The Morgan fingerprint density at radius 3 is 1.78 bits per heavy atom. The summed E-state index contributed by atoms with van der Waals surface area (Å²) in [4.78, 5) is 4.59. The number of para-hydroxylation sites is 4. The van der Waals surface area contributed by atoms with Crippen LogP contribution in [0.3, 0.4) is 0 Å². The minimum Gasteiger partial charge on any atom is -0.454 e. The molecule has 0 saturated heterocycles. The van der Waals surface area contributed by atoms with Crippen LogP contribution in [-0.2, 0) is 0 Å². The molecule has 0 bridgehead atoms. The van der Waals surface area contributed by atoms with Gasteiger partial charge in [-0.1, -0.05) is 91.0 Å². The molecule has 4 nitrogen and oxygen atoms in total. The highest BCUT2D eigenvalue weighted by molar-refractivity contribution is 6.39. The molecule has 10 rings (SSSR count). The lowest BCUT2D eigenvalue weighted by atomic mass is 10.0. The molecule has 0 spiro atoms. The second-order valence-corrected chi connectivity index (χ2v) is 11.6. The maximum atomic E-state index is 6.86. The molecule has 0 amide bonds. The second kappa shape index (κ2) is 9.18. The van der Waals surface area contributed by atoms with Crippen molar-refractivity contribution < 1.29 is 4.42 Å². The van der Waals surface area contributed by atoms with E-state index in [1.165, 1.54) is 27.1 Å². The van der Waals surface area contributed by atoms with Crippen molar-refractivity contribution in [3.8, 4) is 22.6 Å².